The molecule has 1 heterocycles. The number of rotatable bonds is 5. The molecule has 0 saturated heterocycles. The summed E-state index contributed by atoms with van der Waals surface area (Å²) in [6, 6.07) is 12.3. The first kappa shape index (κ1) is 15.5. The van der Waals surface area contributed by atoms with Crippen LogP contribution in [0.3, 0.4) is 0 Å². The normalized spacial score (nSPS) is 10.0. The zero-order valence-electron chi connectivity index (χ0n) is 12.4. The van der Waals surface area contributed by atoms with Crippen molar-refractivity contribution in [1.82, 2.24) is 4.57 Å². The molecule has 22 heavy (non-hydrogen) atoms. The maximum atomic E-state index is 11.8. The Morgan fingerprint density at radius 2 is 2.00 bits per heavy atom. The Morgan fingerprint density at radius 3 is 2.68 bits per heavy atom. The van der Waals surface area contributed by atoms with Gasteiger partial charge in [0.1, 0.15) is 0 Å². The number of aryl methyl sites for hydroxylation is 2. The van der Waals surface area contributed by atoms with Crippen LogP contribution in [-0.2, 0) is 11.3 Å². The number of nitriles is 1. The first-order chi connectivity index (χ1) is 10.6. The van der Waals surface area contributed by atoms with Crippen molar-refractivity contribution in [3.05, 3.63) is 64.1 Å². The topological polar surface area (TPSA) is 74.9 Å². The van der Waals surface area contributed by atoms with E-state index in [1.54, 1.807) is 48.0 Å². The van der Waals surface area contributed by atoms with Gasteiger partial charge in [0.15, 0.2) is 0 Å². The van der Waals surface area contributed by atoms with E-state index in [0.717, 1.165) is 0 Å². The highest BCUT2D eigenvalue weighted by atomic mass is 16.1. The van der Waals surface area contributed by atoms with E-state index in [1.807, 2.05) is 12.1 Å². The third-order valence-corrected chi connectivity index (χ3v) is 3.31. The zero-order chi connectivity index (χ0) is 15.9. The van der Waals surface area contributed by atoms with Crippen molar-refractivity contribution in [2.24, 2.45) is 0 Å². The lowest BCUT2D eigenvalue weighted by Crippen LogP contribution is -2.22. The van der Waals surface area contributed by atoms with Gasteiger partial charge >= 0.3 is 0 Å². The lowest BCUT2D eigenvalue weighted by molar-refractivity contribution is -0.116. The van der Waals surface area contributed by atoms with Crippen molar-refractivity contribution < 1.29 is 4.79 Å². The number of carbonyl (C=O) groups excluding carboxylic acids is 1. The molecule has 5 heteroatoms. The minimum Gasteiger partial charge on any atom is -0.326 e. The van der Waals surface area contributed by atoms with E-state index < -0.39 is 0 Å². The molecule has 5 nitrogen and oxygen atoms in total. The van der Waals surface area contributed by atoms with E-state index in [4.69, 9.17) is 5.26 Å². The van der Waals surface area contributed by atoms with Gasteiger partial charge in [0.2, 0.25) is 5.91 Å². The minimum absolute atomic E-state index is 0.0185. The van der Waals surface area contributed by atoms with E-state index in [9.17, 15) is 9.59 Å². The maximum absolute atomic E-state index is 11.8. The summed E-state index contributed by atoms with van der Waals surface area (Å²) >= 11 is 0. The predicted octanol–water partition coefficient (Wildman–Crippen LogP) is 2.45. The molecule has 0 atom stereocenters. The van der Waals surface area contributed by atoms with Gasteiger partial charge in [-0.2, -0.15) is 5.26 Å². The number of anilines is 1. The number of carbonyl (C=O) groups is 1. The molecular formula is C17H17N3O2. The van der Waals surface area contributed by atoms with Crippen LogP contribution in [0.25, 0.3) is 0 Å². The van der Waals surface area contributed by atoms with E-state index in [1.165, 1.54) is 0 Å². The van der Waals surface area contributed by atoms with Crippen LogP contribution in [0, 0.1) is 18.3 Å². The van der Waals surface area contributed by atoms with Crippen molar-refractivity contribution in [3.8, 4) is 6.07 Å². The van der Waals surface area contributed by atoms with Crippen LogP contribution in [0.5, 0.6) is 0 Å². The fourth-order valence-electron chi connectivity index (χ4n) is 2.09. The van der Waals surface area contributed by atoms with Crippen molar-refractivity contribution in [3.63, 3.8) is 0 Å². The average Bonchev–Trinajstić information content (AvgIpc) is 2.52. The molecule has 0 unspecified atom stereocenters. The van der Waals surface area contributed by atoms with Crippen LogP contribution < -0.4 is 10.9 Å². The van der Waals surface area contributed by atoms with Crippen LogP contribution in [-0.4, -0.2) is 10.5 Å². The van der Waals surface area contributed by atoms with Gasteiger partial charge < -0.3 is 9.88 Å². The Bertz CT molecular complexity index is 755. The molecule has 0 spiro atoms. The minimum atomic E-state index is -0.106. The highest BCUT2D eigenvalue weighted by Gasteiger charge is 2.04. The molecule has 1 N–H and O–H groups in total. The Labute approximate surface area is 128 Å². The zero-order valence-corrected chi connectivity index (χ0v) is 12.4. The second-order valence-electron chi connectivity index (χ2n) is 5.03. The van der Waals surface area contributed by atoms with E-state index >= 15 is 0 Å². The summed E-state index contributed by atoms with van der Waals surface area (Å²) in [4.78, 5) is 23.7. The lowest BCUT2D eigenvalue weighted by atomic mass is 10.2. The standard InChI is InChI=1S/C17H17N3O2/c1-13-4-2-10-20(17(13)22)11-3-5-16(21)19-15-8-6-14(12-18)7-9-15/h2,4,6-10H,3,5,11H2,1H3,(H,19,21). The molecule has 0 radical (unpaired) electrons. The van der Waals surface area contributed by atoms with Crippen molar-refractivity contribution in [2.45, 2.75) is 26.3 Å². The van der Waals surface area contributed by atoms with Gasteiger partial charge in [-0.15, -0.1) is 0 Å². The molecule has 1 aromatic carbocycles. The highest BCUT2D eigenvalue weighted by molar-refractivity contribution is 5.90. The fourth-order valence-corrected chi connectivity index (χ4v) is 2.09. The van der Waals surface area contributed by atoms with Crippen LogP contribution in [0.2, 0.25) is 0 Å². The second-order valence-corrected chi connectivity index (χ2v) is 5.03. The lowest BCUT2D eigenvalue weighted by Gasteiger charge is -2.07. The first-order valence-electron chi connectivity index (χ1n) is 7.06. The Morgan fingerprint density at radius 1 is 1.27 bits per heavy atom. The molecule has 0 saturated carbocycles. The van der Waals surface area contributed by atoms with Gasteiger partial charge in [-0.3, -0.25) is 9.59 Å². The Balaban J connectivity index is 1.84. The molecule has 0 aliphatic heterocycles. The summed E-state index contributed by atoms with van der Waals surface area (Å²) in [5, 5.41) is 11.5. The fraction of sp³-hybridized carbons (Fsp3) is 0.235. The SMILES string of the molecule is Cc1cccn(CCCC(=O)Nc2ccc(C#N)cc2)c1=O. The molecule has 0 aliphatic carbocycles. The molecule has 0 fully saturated rings. The first-order valence-corrected chi connectivity index (χ1v) is 7.06. The second kappa shape index (κ2) is 7.23. The number of hydrogen-bond acceptors (Lipinski definition) is 3. The number of nitrogens with zero attached hydrogens (tertiary/aromatic N) is 2. The van der Waals surface area contributed by atoms with Gasteiger partial charge in [-0.25, -0.2) is 0 Å². The van der Waals surface area contributed by atoms with Gasteiger partial charge in [0.05, 0.1) is 11.6 Å². The number of hydrogen-bond donors (Lipinski definition) is 1. The number of nitrogens with one attached hydrogen (secondary N) is 1. The van der Waals surface area contributed by atoms with Crippen LogP contribution >= 0.6 is 0 Å². The molecule has 112 valence electrons. The third kappa shape index (κ3) is 4.06. The number of benzene rings is 1. The molecule has 2 aromatic rings. The van der Waals surface area contributed by atoms with E-state index in [2.05, 4.69) is 5.32 Å². The summed E-state index contributed by atoms with van der Waals surface area (Å²) in [5.41, 5.74) is 1.90. The molecule has 1 aromatic heterocycles. The van der Waals surface area contributed by atoms with Crippen molar-refractivity contribution in [1.29, 1.82) is 5.26 Å². The quantitative estimate of drug-likeness (QED) is 0.920. The van der Waals surface area contributed by atoms with Gasteiger partial charge in [-0.1, -0.05) is 6.07 Å². The highest BCUT2D eigenvalue weighted by Crippen LogP contribution is 2.09. The van der Waals surface area contributed by atoms with Crippen LogP contribution in [0.15, 0.2) is 47.4 Å². The van der Waals surface area contributed by atoms with Crippen molar-refractivity contribution >= 4 is 11.6 Å². The molecule has 0 aliphatic rings. The van der Waals surface area contributed by atoms with Gasteiger partial charge in [0.25, 0.3) is 5.56 Å². The molecule has 1 amide bonds. The number of aromatic nitrogens is 1. The summed E-state index contributed by atoms with van der Waals surface area (Å²) in [7, 11) is 0. The average molecular weight is 295 g/mol. The van der Waals surface area contributed by atoms with E-state index in [0.29, 0.717) is 36.2 Å². The third-order valence-electron chi connectivity index (χ3n) is 3.31. The van der Waals surface area contributed by atoms with Crippen molar-refractivity contribution in [2.75, 3.05) is 5.32 Å². The Kier molecular flexibility index (Phi) is 5.10. The summed E-state index contributed by atoms with van der Waals surface area (Å²) < 4.78 is 1.62. The number of pyridine rings is 1. The van der Waals surface area contributed by atoms with Gasteiger partial charge in [-0.05, 0) is 43.7 Å². The van der Waals surface area contributed by atoms with Crippen LogP contribution in [0.4, 0.5) is 5.69 Å². The Hall–Kier alpha value is -2.87. The maximum Gasteiger partial charge on any atom is 0.253 e. The summed E-state index contributed by atoms with van der Waals surface area (Å²) in [5.74, 6) is -0.106. The largest absolute Gasteiger partial charge is 0.326 e. The van der Waals surface area contributed by atoms with E-state index in [-0.39, 0.29) is 11.5 Å². The molecule has 2 rings (SSSR count). The monoisotopic (exact) mass is 295 g/mol. The predicted molar refractivity (Wildman–Crippen MR) is 84.5 cm³/mol. The number of amides is 1. The smallest absolute Gasteiger partial charge is 0.253 e. The van der Waals surface area contributed by atoms with Gasteiger partial charge in [0, 0.05) is 30.4 Å². The summed E-state index contributed by atoms with van der Waals surface area (Å²) in [6.45, 7) is 2.29. The molecular weight excluding hydrogens is 278 g/mol. The summed E-state index contributed by atoms with van der Waals surface area (Å²) in [6.07, 6.45) is 2.65. The van der Waals surface area contributed by atoms with Crippen LogP contribution in [0.1, 0.15) is 24.0 Å². The molecule has 0 bridgehead atoms.